The largest absolute Gasteiger partial charge is 0.454 e. The molecule has 8 heteroatoms. The third kappa shape index (κ3) is 3.38. The van der Waals surface area contributed by atoms with E-state index in [0.717, 1.165) is 16.7 Å². The van der Waals surface area contributed by atoms with Crippen LogP contribution in [0.4, 0.5) is 0 Å². The van der Waals surface area contributed by atoms with Gasteiger partial charge >= 0.3 is 0 Å². The Morgan fingerprint density at radius 3 is 2.07 bits per heavy atom. The van der Waals surface area contributed by atoms with Gasteiger partial charge < -0.3 is 9.47 Å². The Kier molecular flexibility index (Phi) is 4.88. The minimum atomic E-state index is -3.94. The predicted octanol–water partition coefficient (Wildman–Crippen LogP) is 2.58. The Hall–Kier alpha value is -2.58. The van der Waals surface area contributed by atoms with Crippen molar-refractivity contribution in [3.05, 3.63) is 51.6 Å². The van der Waals surface area contributed by atoms with Crippen molar-refractivity contribution in [2.45, 2.75) is 39.5 Å². The van der Waals surface area contributed by atoms with Crippen LogP contribution in [0.2, 0.25) is 0 Å². The number of nitrogens with one attached hydrogen (secondary N) is 2. The van der Waals surface area contributed by atoms with Crippen molar-refractivity contribution in [1.29, 1.82) is 0 Å². The number of rotatable bonds is 4. The highest BCUT2D eigenvalue weighted by Gasteiger charge is 2.24. The smallest absolute Gasteiger partial charge is 0.266 e. The molecule has 0 unspecified atom stereocenters. The molecule has 1 aliphatic heterocycles. The van der Waals surface area contributed by atoms with Gasteiger partial charge in [-0.3, -0.25) is 10.2 Å². The topological polar surface area (TPSA) is 93.7 Å². The van der Waals surface area contributed by atoms with Crippen LogP contribution in [-0.2, 0) is 10.0 Å². The van der Waals surface area contributed by atoms with Crippen LogP contribution >= 0.6 is 0 Å². The zero-order chi connectivity index (χ0) is 19.9. The minimum absolute atomic E-state index is 0.0950. The third-order valence-corrected chi connectivity index (χ3v) is 6.65. The number of sulfonamides is 1. The van der Waals surface area contributed by atoms with Gasteiger partial charge in [0.05, 0.1) is 4.90 Å². The monoisotopic (exact) mass is 390 g/mol. The molecular formula is C19H22N2O5S. The standard InChI is InChI=1S/C19H22N2O5S/c1-10-11(2)13(4)18(14(5)12(10)3)27(23,24)21-20-19(22)15-6-7-16-17(8-15)26-9-25-16/h6-8,21H,9H2,1-5H3,(H,20,22). The average Bonchev–Trinajstić information content (AvgIpc) is 3.10. The highest BCUT2D eigenvalue weighted by Crippen LogP contribution is 2.32. The first kappa shape index (κ1) is 19.2. The first-order valence-electron chi connectivity index (χ1n) is 8.42. The molecular weight excluding hydrogens is 368 g/mol. The predicted molar refractivity (Wildman–Crippen MR) is 100 cm³/mol. The number of benzene rings is 2. The molecule has 3 rings (SSSR count). The van der Waals surface area contributed by atoms with Gasteiger partial charge in [0, 0.05) is 5.56 Å². The van der Waals surface area contributed by atoms with E-state index in [9.17, 15) is 13.2 Å². The highest BCUT2D eigenvalue weighted by atomic mass is 32.2. The maximum absolute atomic E-state index is 12.8. The van der Waals surface area contributed by atoms with Gasteiger partial charge in [0.15, 0.2) is 11.5 Å². The summed E-state index contributed by atoms with van der Waals surface area (Å²) in [5, 5.41) is 0. The van der Waals surface area contributed by atoms with Crippen molar-refractivity contribution in [3.8, 4) is 11.5 Å². The molecule has 27 heavy (non-hydrogen) atoms. The molecule has 2 aromatic carbocycles. The summed E-state index contributed by atoms with van der Waals surface area (Å²) in [5.41, 5.74) is 6.75. The lowest BCUT2D eigenvalue weighted by Crippen LogP contribution is -2.42. The lowest BCUT2D eigenvalue weighted by Gasteiger charge is -2.19. The Morgan fingerprint density at radius 1 is 0.889 bits per heavy atom. The fourth-order valence-electron chi connectivity index (χ4n) is 3.14. The molecule has 1 heterocycles. The Morgan fingerprint density at radius 2 is 1.44 bits per heavy atom. The van der Waals surface area contributed by atoms with Crippen LogP contribution < -0.4 is 19.7 Å². The summed E-state index contributed by atoms with van der Waals surface area (Å²) in [4.78, 5) is 14.7. The van der Waals surface area contributed by atoms with E-state index in [1.165, 1.54) is 12.1 Å². The van der Waals surface area contributed by atoms with Gasteiger partial charge in [0.25, 0.3) is 15.9 Å². The number of carbonyl (C=O) groups is 1. The van der Waals surface area contributed by atoms with Crippen LogP contribution in [0.15, 0.2) is 23.1 Å². The van der Waals surface area contributed by atoms with E-state index < -0.39 is 15.9 Å². The summed E-state index contributed by atoms with van der Waals surface area (Å²) < 4.78 is 36.1. The summed E-state index contributed by atoms with van der Waals surface area (Å²) in [6, 6.07) is 4.64. The van der Waals surface area contributed by atoms with Gasteiger partial charge in [0.1, 0.15) is 0 Å². The van der Waals surface area contributed by atoms with E-state index in [-0.39, 0.29) is 17.3 Å². The molecule has 0 aliphatic carbocycles. The number of ether oxygens (including phenoxy) is 2. The molecule has 0 saturated heterocycles. The molecule has 7 nitrogen and oxygen atoms in total. The van der Waals surface area contributed by atoms with E-state index in [0.29, 0.717) is 22.6 Å². The minimum Gasteiger partial charge on any atom is -0.454 e. The van der Waals surface area contributed by atoms with Crippen LogP contribution in [-0.4, -0.2) is 21.1 Å². The normalized spacial score (nSPS) is 12.9. The molecule has 0 bridgehead atoms. The molecule has 0 fully saturated rings. The molecule has 144 valence electrons. The van der Waals surface area contributed by atoms with Crippen molar-refractivity contribution >= 4 is 15.9 Å². The summed E-state index contributed by atoms with van der Waals surface area (Å²) in [6.07, 6.45) is 0. The summed E-state index contributed by atoms with van der Waals surface area (Å²) >= 11 is 0. The molecule has 1 aliphatic rings. The molecule has 1 amide bonds. The molecule has 0 spiro atoms. The van der Waals surface area contributed by atoms with Crippen LogP contribution in [0.1, 0.15) is 38.2 Å². The molecule has 2 N–H and O–H groups in total. The van der Waals surface area contributed by atoms with Gasteiger partial charge in [-0.1, -0.05) is 0 Å². The third-order valence-electron chi connectivity index (χ3n) is 5.13. The second-order valence-corrected chi connectivity index (χ2v) is 8.20. The lowest BCUT2D eigenvalue weighted by molar-refractivity contribution is 0.0944. The van der Waals surface area contributed by atoms with Gasteiger partial charge in [-0.2, -0.15) is 0 Å². The van der Waals surface area contributed by atoms with E-state index in [2.05, 4.69) is 10.3 Å². The number of hydrazine groups is 1. The Bertz CT molecular complexity index is 1020. The van der Waals surface area contributed by atoms with Crippen molar-refractivity contribution in [2.24, 2.45) is 0 Å². The fraction of sp³-hybridized carbons (Fsp3) is 0.316. The van der Waals surface area contributed by atoms with Crippen molar-refractivity contribution in [3.63, 3.8) is 0 Å². The van der Waals surface area contributed by atoms with E-state index in [1.54, 1.807) is 19.9 Å². The van der Waals surface area contributed by atoms with Crippen LogP contribution in [0, 0.1) is 34.6 Å². The van der Waals surface area contributed by atoms with Gasteiger partial charge in [0.2, 0.25) is 6.79 Å². The Labute approximate surface area is 158 Å². The van der Waals surface area contributed by atoms with Crippen molar-refractivity contribution in [2.75, 3.05) is 6.79 Å². The summed E-state index contributed by atoms with van der Waals surface area (Å²) in [7, 11) is -3.94. The second kappa shape index (κ2) is 6.86. The molecule has 0 atom stereocenters. The van der Waals surface area contributed by atoms with E-state index in [4.69, 9.17) is 9.47 Å². The van der Waals surface area contributed by atoms with E-state index in [1.807, 2.05) is 20.8 Å². The number of amides is 1. The maximum atomic E-state index is 12.8. The average molecular weight is 390 g/mol. The number of carbonyl (C=O) groups excluding carboxylic acids is 1. The van der Waals surface area contributed by atoms with Crippen LogP contribution in [0.5, 0.6) is 11.5 Å². The highest BCUT2D eigenvalue weighted by molar-refractivity contribution is 7.89. The SMILES string of the molecule is Cc1c(C)c(C)c(S(=O)(=O)NNC(=O)c2ccc3c(c2)OCO3)c(C)c1C. The van der Waals surface area contributed by atoms with Crippen molar-refractivity contribution in [1.82, 2.24) is 10.3 Å². The maximum Gasteiger partial charge on any atom is 0.266 e. The molecule has 0 radical (unpaired) electrons. The summed E-state index contributed by atoms with van der Waals surface area (Å²) in [5.74, 6) is 0.402. The van der Waals surface area contributed by atoms with E-state index >= 15 is 0 Å². The molecule has 0 saturated carbocycles. The Balaban J connectivity index is 1.85. The van der Waals surface area contributed by atoms with Gasteiger partial charge in [-0.05, 0) is 80.6 Å². The quantitative estimate of drug-likeness (QED) is 0.783. The number of fused-ring (bicyclic) bond motifs is 1. The first-order chi connectivity index (χ1) is 12.6. The van der Waals surface area contributed by atoms with Crippen LogP contribution in [0.3, 0.4) is 0 Å². The number of hydrogen-bond acceptors (Lipinski definition) is 5. The van der Waals surface area contributed by atoms with Gasteiger partial charge in [-0.15, -0.1) is 4.83 Å². The molecule has 0 aromatic heterocycles. The summed E-state index contributed by atoms with van der Waals surface area (Å²) in [6.45, 7) is 9.38. The number of hydrogen-bond donors (Lipinski definition) is 2. The molecule has 2 aromatic rings. The van der Waals surface area contributed by atoms with Crippen LogP contribution in [0.25, 0.3) is 0 Å². The zero-order valence-corrected chi connectivity index (χ0v) is 16.7. The van der Waals surface area contributed by atoms with Crippen molar-refractivity contribution < 1.29 is 22.7 Å². The second-order valence-electron chi connectivity index (χ2n) is 6.58. The lowest BCUT2D eigenvalue weighted by atomic mass is 9.95. The van der Waals surface area contributed by atoms with Gasteiger partial charge in [-0.25, -0.2) is 8.42 Å². The first-order valence-corrected chi connectivity index (χ1v) is 9.90. The fourth-order valence-corrected chi connectivity index (χ4v) is 4.58. The zero-order valence-electron chi connectivity index (χ0n) is 15.9.